The minimum absolute atomic E-state index is 0.0206. The first-order valence-electron chi connectivity index (χ1n) is 9.51. The molecule has 1 aliphatic rings. The zero-order chi connectivity index (χ0) is 20.3. The van der Waals surface area contributed by atoms with Crippen LogP contribution in [0.15, 0.2) is 30.5 Å². The molecule has 28 heavy (non-hydrogen) atoms. The first-order valence-corrected chi connectivity index (χ1v) is 9.51. The predicted octanol–water partition coefficient (Wildman–Crippen LogP) is 4.39. The van der Waals surface area contributed by atoms with Crippen molar-refractivity contribution in [2.75, 3.05) is 5.32 Å². The van der Waals surface area contributed by atoms with Gasteiger partial charge in [0.2, 0.25) is 0 Å². The molecule has 0 radical (unpaired) electrons. The van der Waals surface area contributed by atoms with Gasteiger partial charge in [-0.15, -0.1) is 0 Å². The summed E-state index contributed by atoms with van der Waals surface area (Å²) in [7, 11) is 0. The van der Waals surface area contributed by atoms with Gasteiger partial charge in [-0.3, -0.25) is 10.1 Å². The molecule has 1 heterocycles. The van der Waals surface area contributed by atoms with Crippen LogP contribution in [0.25, 0.3) is 10.9 Å². The lowest BCUT2D eigenvalue weighted by Crippen LogP contribution is -2.42. The maximum Gasteiger partial charge on any atom is 0.407 e. The van der Waals surface area contributed by atoms with Gasteiger partial charge in [-0.25, -0.2) is 9.78 Å². The van der Waals surface area contributed by atoms with Crippen LogP contribution >= 0.6 is 0 Å². The zero-order valence-electron chi connectivity index (χ0n) is 16.4. The smallest absolute Gasteiger partial charge is 0.407 e. The molecule has 2 N–H and O–H groups in total. The Balaban J connectivity index is 1.66. The number of rotatable bonds is 4. The molecule has 1 amide bonds. The lowest BCUT2D eigenvalue weighted by atomic mass is 9.91. The molecule has 0 unspecified atom stereocenters. The molecule has 8 heteroatoms. The minimum Gasteiger partial charge on any atom is -0.444 e. The first kappa shape index (κ1) is 19.9. The van der Waals surface area contributed by atoms with Gasteiger partial charge in [0.25, 0.3) is 0 Å². The zero-order valence-corrected chi connectivity index (χ0v) is 16.4. The third-order valence-electron chi connectivity index (χ3n) is 4.75. The highest BCUT2D eigenvalue weighted by atomic mass is 16.6. The van der Waals surface area contributed by atoms with Crippen molar-refractivity contribution in [2.45, 2.75) is 64.1 Å². The highest BCUT2D eigenvalue weighted by molar-refractivity contribution is 5.95. The van der Waals surface area contributed by atoms with Crippen LogP contribution in [0.3, 0.4) is 0 Å². The van der Waals surface area contributed by atoms with E-state index in [0.29, 0.717) is 5.69 Å². The van der Waals surface area contributed by atoms with Crippen molar-refractivity contribution in [1.29, 1.82) is 0 Å². The van der Waals surface area contributed by atoms with Crippen LogP contribution in [-0.2, 0) is 4.74 Å². The number of hydrogen-bond donors (Lipinski definition) is 2. The normalized spacial score (nSPS) is 19.8. The van der Waals surface area contributed by atoms with Crippen molar-refractivity contribution in [3.63, 3.8) is 0 Å². The average molecular weight is 386 g/mol. The average Bonchev–Trinajstić information content (AvgIpc) is 2.61. The maximum atomic E-state index is 11.9. The SMILES string of the molecule is CC(C)(C)OC(=O)NC1CCC(Nc2c([N+](=O)[O-])cnc3ccccc23)CC1. The summed E-state index contributed by atoms with van der Waals surface area (Å²) in [4.78, 5) is 27.2. The Morgan fingerprint density at radius 2 is 1.82 bits per heavy atom. The molecule has 1 aromatic carbocycles. The van der Waals surface area contributed by atoms with Gasteiger partial charge in [-0.05, 0) is 52.5 Å². The van der Waals surface area contributed by atoms with E-state index in [9.17, 15) is 14.9 Å². The van der Waals surface area contributed by atoms with Crippen molar-refractivity contribution in [1.82, 2.24) is 10.3 Å². The standard InChI is InChI=1S/C20H26N4O4/c1-20(2,3)28-19(25)23-14-10-8-13(9-11-14)22-18-15-6-4-5-7-16(15)21-12-17(18)24(26)27/h4-7,12-14H,8-11H2,1-3H3,(H,21,22)(H,23,25). The van der Waals surface area contributed by atoms with Crippen LogP contribution in [0.4, 0.5) is 16.2 Å². The third kappa shape index (κ3) is 4.88. The second-order valence-electron chi connectivity index (χ2n) is 8.13. The lowest BCUT2D eigenvalue weighted by molar-refractivity contribution is -0.384. The minimum atomic E-state index is -0.524. The van der Waals surface area contributed by atoms with Crippen molar-refractivity contribution in [3.8, 4) is 0 Å². The number of ether oxygens (including phenoxy) is 1. The van der Waals surface area contributed by atoms with E-state index in [1.54, 1.807) is 0 Å². The van der Waals surface area contributed by atoms with Gasteiger partial charge >= 0.3 is 11.8 Å². The van der Waals surface area contributed by atoms with Crippen molar-refractivity contribution in [2.24, 2.45) is 0 Å². The summed E-state index contributed by atoms with van der Waals surface area (Å²) >= 11 is 0. The van der Waals surface area contributed by atoms with Gasteiger partial charge in [-0.1, -0.05) is 18.2 Å². The summed E-state index contributed by atoms with van der Waals surface area (Å²) in [5, 5.41) is 18.5. The number of nitrogens with zero attached hydrogens (tertiary/aromatic N) is 2. The molecular formula is C20H26N4O4. The van der Waals surface area contributed by atoms with E-state index in [1.165, 1.54) is 6.20 Å². The second kappa shape index (κ2) is 8.00. The van der Waals surface area contributed by atoms with E-state index in [1.807, 2.05) is 45.0 Å². The molecule has 1 fully saturated rings. The van der Waals surface area contributed by atoms with Gasteiger partial charge in [0.15, 0.2) is 0 Å². The number of alkyl carbamates (subject to hydrolysis) is 1. The molecule has 0 bridgehead atoms. The molecule has 3 rings (SSSR count). The molecule has 1 saturated carbocycles. The Hall–Kier alpha value is -2.90. The fraction of sp³-hybridized carbons (Fsp3) is 0.500. The van der Waals surface area contributed by atoms with Crippen molar-refractivity contribution in [3.05, 3.63) is 40.6 Å². The number of nitrogens with one attached hydrogen (secondary N) is 2. The Labute approximate surface area is 163 Å². The Morgan fingerprint density at radius 3 is 2.46 bits per heavy atom. The van der Waals surface area contributed by atoms with E-state index in [4.69, 9.17) is 4.74 Å². The van der Waals surface area contributed by atoms with Crippen LogP contribution in [-0.4, -0.2) is 33.7 Å². The largest absolute Gasteiger partial charge is 0.444 e. The van der Waals surface area contributed by atoms with E-state index < -0.39 is 16.6 Å². The molecule has 0 aliphatic heterocycles. The number of carbonyl (C=O) groups is 1. The topological polar surface area (TPSA) is 106 Å². The lowest BCUT2D eigenvalue weighted by Gasteiger charge is -2.31. The summed E-state index contributed by atoms with van der Waals surface area (Å²) in [5.74, 6) is 0. The Morgan fingerprint density at radius 1 is 1.18 bits per heavy atom. The molecule has 1 aromatic heterocycles. The summed E-state index contributed by atoms with van der Waals surface area (Å²) in [5.41, 5.74) is 0.687. The van der Waals surface area contributed by atoms with Gasteiger partial charge in [0.1, 0.15) is 17.5 Å². The molecule has 8 nitrogen and oxygen atoms in total. The fourth-order valence-electron chi connectivity index (χ4n) is 3.48. The van der Waals surface area contributed by atoms with Crippen LogP contribution in [0.2, 0.25) is 0 Å². The molecule has 1 aliphatic carbocycles. The van der Waals surface area contributed by atoms with E-state index in [0.717, 1.165) is 36.6 Å². The summed E-state index contributed by atoms with van der Waals surface area (Å²) in [6.45, 7) is 5.50. The Kier molecular flexibility index (Phi) is 5.67. The third-order valence-corrected chi connectivity index (χ3v) is 4.75. The molecular weight excluding hydrogens is 360 g/mol. The number of benzene rings is 1. The number of anilines is 1. The Bertz CT molecular complexity index is 870. The van der Waals surface area contributed by atoms with Gasteiger partial charge in [0, 0.05) is 17.5 Å². The predicted molar refractivity (Wildman–Crippen MR) is 107 cm³/mol. The number of fused-ring (bicyclic) bond motifs is 1. The molecule has 0 spiro atoms. The highest BCUT2D eigenvalue weighted by Crippen LogP contribution is 2.34. The quantitative estimate of drug-likeness (QED) is 0.596. The number of pyridine rings is 1. The van der Waals surface area contributed by atoms with Crippen LogP contribution in [0, 0.1) is 10.1 Å². The first-order chi connectivity index (χ1) is 13.2. The van der Waals surface area contributed by atoms with Gasteiger partial charge in [0.05, 0.1) is 10.4 Å². The number of carbonyl (C=O) groups excluding carboxylic acids is 1. The van der Waals surface area contributed by atoms with E-state index in [-0.39, 0.29) is 17.8 Å². The number of hydrogen-bond acceptors (Lipinski definition) is 6. The second-order valence-corrected chi connectivity index (χ2v) is 8.13. The van der Waals surface area contributed by atoms with Crippen LogP contribution in [0.1, 0.15) is 46.5 Å². The molecule has 0 saturated heterocycles. The maximum absolute atomic E-state index is 11.9. The number of nitro groups is 1. The van der Waals surface area contributed by atoms with Crippen molar-refractivity contribution >= 4 is 28.4 Å². The van der Waals surface area contributed by atoms with Gasteiger partial charge in [-0.2, -0.15) is 0 Å². The molecule has 150 valence electrons. The molecule has 2 aromatic rings. The number of amides is 1. The van der Waals surface area contributed by atoms with Crippen molar-refractivity contribution < 1.29 is 14.5 Å². The van der Waals surface area contributed by atoms with Crippen LogP contribution < -0.4 is 10.6 Å². The van der Waals surface area contributed by atoms with Gasteiger partial charge < -0.3 is 15.4 Å². The monoisotopic (exact) mass is 386 g/mol. The summed E-state index contributed by atoms with van der Waals surface area (Å²) < 4.78 is 5.31. The van der Waals surface area contributed by atoms with E-state index in [2.05, 4.69) is 15.6 Å². The summed E-state index contributed by atoms with van der Waals surface area (Å²) in [6, 6.07) is 7.54. The fourth-order valence-corrected chi connectivity index (χ4v) is 3.48. The van der Waals surface area contributed by atoms with E-state index >= 15 is 0 Å². The summed E-state index contributed by atoms with van der Waals surface area (Å²) in [6.07, 6.45) is 4.07. The molecule has 0 atom stereocenters. The van der Waals surface area contributed by atoms with Crippen LogP contribution in [0.5, 0.6) is 0 Å². The number of aromatic nitrogens is 1. The number of para-hydroxylation sites is 1. The highest BCUT2D eigenvalue weighted by Gasteiger charge is 2.27.